The lowest BCUT2D eigenvalue weighted by Crippen LogP contribution is -2.06. The van der Waals surface area contributed by atoms with Crippen LogP contribution in [-0.2, 0) is 6.42 Å². The molecule has 1 aliphatic carbocycles. The van der Waals surface area contributed by atoms with Crippen LogP contribution in [0, 0.1) is 5.92 Å². The van der Waals surface area contributed by atoms with Gasteiger partial charge in [-0.3, -0.25) is 4.98 Å². The second-order valence-corrected chi connectivity index (χ2v) is 5.89. The van der Waals surface area contributed by atoms with E-state index in [2.05, 4.69) is 36.4 Å². The zero-order valence-corrected chi connectivity index (χ0v) is 11.6. The maximum atomic E-state index is 4.76. The maximum Gasteiger partial charge on any atom is 0.0705 e. The Balaban J connectivity index is 1.56. The van der Waals surface area contributed by atoms with Crippen LogP contribution < -0.4 is 0 Å². The topological polar surface area (TPSA) is 12.9 Å². The van der Waals surface area contributed by atoms with Crippen molar-refractivity contribution in [2.45, 2.75) is 51.4 Å². The Kier molecular flexibility index (Phi) is 4.12. The predicted molar refractivity (Wildman–Crippen MR) is 81.3 cm³/mol. The number of hydrogen-bond acceptors (Lipinski definition) is 1. The number of para-hydroxylation sites is 1. The molecular weight excluding hydrogens is 230 g/mol. The predicted octanol–water partition coefficient (Wildman–Crippen LogP) is 5.14. The molecule has 0 aliphatic heterocycles. The Bertz CT molecular complexity index is 526. The highest BCUT2D eigenvalue weighted by atomic mass is 14.7. The minimum absolute atomic E-state index is 0.995. The van der Waals surface area contributed by atoms with Crippen molar-refractivity contribution in [3.05, 3.63) is 42.1 Å². The van der Waals surface area contributed by atoms with Crippen LogP contribution in [0.3, 0.4) is 0 Å². The average Bonchev–Trinajstić information content (AvgIpc) is 2.48. The molecule has 3 rings (SSSR count). The average molecular weight is 253 g/mol. The number of hydrogen-bond donors (Lipinski definition) is 0. The highest BCUT2D eigenvalue weighted by Gasteiger charge is 2.12. The lowest BCUT2D eigenvalue weighted by atomic mass is 9.85. The van der Waals surface area contributed by atoms with E-state index in [4.69, 9.17) is 4.98 Å². The lowest BCUT2D eigenvalue weighted by molar-refractivity contribution is 0.332. The van der Waals surface area contributed by atoms with Gasteiger partial charge in [-0.15, -0.1) is 0 Å². The van der Waals surface area contributed by atoms with Crippen LogP contribution in [0.4, 0.5) is 0 Å². The first-order valence-electron chi connectivity index (χ1n) is 7.76. The standard InChI is InChI=1S/C18H23N/c1-2-7-15(8-3-1)9-6-11-17-14-13-16-10-4-5-12-18(16)19-17/h4-5,10,12-15H,1-3,6-9,11H2. The smallest absolute Gasteiger partial charge is 0.0705 e. The van der Waals surface area contributed by atoms with Gasteiger partial charge in [0.2, 0.25) is 0 Å². The molecule has 0 spiro atoms. The van der Waals surface area contributed by atoms with Crippen molar-refractivity contribution < 1.29 is 0 Å². The fourth-order valence-corrected chi connectivity index (χ4v) is 3.30. The number of fused-ring (bicyclic) bond motifs is 1. The summed E-state index contributed by atoms with van der Waals surface area (Å²) in [6.07, 6.45) is 11.1. The van der Waals surface area contributed by atoms with E-state index in [9.17, 15) is 0 Å². The van der Waals surface area contributed by atoms with E-state index in [-0.39, 0.29) is 0 Å². The summed E-state index contributed by atoms with van der Waals surface area (Å²) in [5.41, 5.74) is 2.40. The molecule has 1 aromatic heterocycles. The maximum absolute atomic E-state index is 4.76. The third-order valence-electron chi connectivity index (χ3n) is 4.43. The Hall–Kier alpha value is -1.37. The summed E-state index contributed by atoms with van der Waals surface area (Å²) in [6, 6.07) is 12.8. The van der Waals surface area contributed by atoms with Crippen molar-refractivity contribution in [2.75, 3.05) is 0 Å². The lowest BCUT2D eigenvalue weighted by Gasteiger charge is -2.21. The summed E-state index contributed by atoms with van der Waals surface area (Å²) in [5.74, 6) is 0.995. The number of benzene rings is 1. The summed E-state index contributed by atoms with van der Waals surface area (Å²) in [5, 5.41) is 1.25. The largest absolute Gasteiger partial charge is 0.253 e. The zero-order valence-electron chi connectivity index (χ0n) is 11.6. The van der Waals surface area contributed by atoms with Crippen molar-refractivity contribution in [3.8, 4) is 0 Å². The van der Waals surface area contributed by atoms with E-state index < -0.39 is 0 Å². The number of pyridine rings is 1. The Morgan fingerprint density at radius 2 is 1.79 bits per heavy atom. The fourth-order valence-electron chi connectivity index (χ4n) is 3.30. The van der Waals surface area contributed by atoms with E-state index in [1.54, 1.807) is 0 Å². The summed E-state index contributed by atoms with van der Waals surface area (Å²) in [7, 11) is 0. The molecule has 2 aromatic rings. The highest BCUT2D eigenvalue weighted by Crippen LogP contribution is 2.27. The van der Waals surface area contributed by atoms with Crippen LogP contribution >= 0.6 is 0 Å². The minimum Gasteiger partial charge on any atom is -0.253 e. The summed E-state index contributed by atoms with van der Waals surface area (Å²) < 4.78 is 0. The van der Waals surface area contributed by atoms with Crippen LogP contribution in [0.1, 0.15) is 50.6 Å². The van der Waals surface area contributed by atoms with Crippen LogP contribution in [0.15, 0.2) is 36.4 Å². The van der Waals surface area contributed by atoms with Gasteiger partial charge in [0.1, 0.15) is 0 Å². The highest BCUT2D eigenvalue weighted by molar-refractivity contribution is 5.78. The Labute approximate surface area is 116 Å². The van der Waals surface area contributed by atoms with Crippen molar-refractivity contribution in [1.82, 2.24) is 4.98 Å². The number of aryl methyl sites for hydroxylation is 1. The molecule has 1 fully saturated rings. The van der Waals surface area contributed by atoms with E-state index in [1.165, 1.54) is 56.0 Å². The fraction of sp³-hybridized carbons (Fsp3) is 0.500. The SMILES string of the molecule is c1ccc2nc(CCCC3CCCCC3)ccc2c1. The first kappa shape index (κ1) is 12.7. The molecule has 1 aliphatic rings. The number of aromatic nitrogens is 1. The van der Waals surface area contributed by atoms with Gasteiger partial charge < -0.3 is 0 Å². The molecule has 0 atom stereocenters. The molecule has 1 heteroatoms. The first-order chi connectivity index (χ1) is 9.42. The second-order valence-electron chi connectivity index (χ2n) is 5.89. The van der Waals surface area contributed by atoms with Crippen LogP contribution in [0.5, 0.6) is 0 Å². The summed E-state index contributed by atoms with van der Waals surface area (Å²) in [4.78, 5) is 4.76. The Morgan fingerprint density at radius 3 is 2.68 bits per heavy atom. The van der Waals surface area contributed by atoms with Gasteiger partial charge in [0.05, 0.1) is 5.52 Å². The zero-order chi connectivity index (χ0) is 12.9. The van der Waals surface area contributed by atoms with Crippen molar-refractivity contribution >= 4 is 10.9 Å². The molecule has 100 valence electrons. The second kappa shape index (κ2) is 6.18. The number of nitrogens with zero attached hydrogens (tertiary/aromatic N) is 1. The molecule has 1 heterocycles. The molecule has 1 saturated carbocycles. The normalized spacial score (nSPS) is 16.8. The molecule has 0 unspecified atom stereocenters. The van der Waals surface area contributed by atoms with Crippen molar-refractivity contribution in [3.63, 3.8) is 0 Å². The van der Waals surface area contributed by atoms with Gasteiger partial charge in [0.15, 0.2) is 0 Å². The monoisotopic (exact) mass is 253 g/mol. The molecule has 1 nitrogen and oxygen atoms in total. The molecule has 19 heavy (non-hydrogen) atoms. The molecule has 0 bridgehead atoms. The van der Waals surface area contributed by atoms with Gasteiger partial charge in [-0.2, -0.15) is 0 Å². The molecule has 0 N–H and O–H groups in total. The molecular formula is C18H23N. The van der Waals surface area contributed by atoms with Crippen LogP contribution in [0.25, 0.3) is 10.9 Å². The molecule has 0 amide bonds. The first-order valence-corrected chi connectivity index (χ1v) is 7.76. The van der Waals surface area contributed by atoms with Gasteiger partial charge in [0, 0.05) is 11.1 Å². The third-order valence-corrected chi connectivity index (χ3v) is 4.43. The van der Waals surface area contributed by atoms with E-state index in [0.29, 0.717) is 0 Å². The van der Waals surface area contributed by atoms with Gasteiger partial charge in [-0.1, -0.05) is 62.8 Å². The molecule has 0 saturated heterocycles. The van der Waals surface area contributed by atoms with E-state index >= 15 is 0 Å². The van der Waals surface area contributed by atoms with Gasteiger partial charge in [-0.05, 0) is 30.9 Å². The van der Waals surface area contributed by atoms with Gasteiger partial charge in [0.25, 0.3) is 0 Å². The molecule has 0 radical (unpaired) electrons. The summed E-state index contributed by atoms with van der Waals surface area (Å²) >= 11 is 0. The third kappa shape index (κ3) is 3.34. The van der Waals surface area contributed by atoms with Crippen LogP contribution in [-0.4, -0.2) is 4.98 Å². The van der Waals surface area contributed by atoms with Gasteiger partial charge >= 0.3 is 0 Å². The minimum atomic E-state index is 0.995. The van der Waals surface area contributed by atoms with Crippen molar-refractivity contribution in [1.29, 1.82) is 0 Å². The van der Waals surface area contributed by atoms with Crippen molar-refractivity contribution in [2.24, 2.45) is 5.92 Å². The van der Waals surface area contributed by atoms with E-state index in [0.717, 1.165) is 17.9 Å². The summed E-state index contributed by atoms with van der Waals surface area (Å²) in [6.45, 7) is 0. The van der Waals surface area contributed by atoms with E-state index in [1.807, 2.05) is 0 Å². The number of rotatable bonds is 4. The Morgan fingerprint density at radius 1 is 0.947 bits per heavy atom. The quantitative estimate of drug-likeness (QED) is 0.735. The molecule has 1 aromatic carbocycles. The van der Waals surface area contributed by atoms with Crippen LogP contribution in [0.2, 0.25) is 0 Å². The van der Waals surface area contributed by atoms with Gasteiger partial charge in [-0.25, -0.2) is 0 Å².